The van der Waals surface area contributed by atoms with E-state index in [0.717, 1.165) is 16.7 Å². The highest BCUT2D eigenvalue weighted by Gasteiger charge is 2.52. The predicted molar refractivity (Wildman–Crippen MR) is 304 cm³/mol. The molecular weight excluding hydrogens is 1090 g/mol. The van der Waals surface area contributed by atoms with Gasteiger partial charge in [0.25, 0.3) is 19.9 Å². The summed E-state index contributed by atoms with van der Waals surface area (Å²) >= 11 is 0. The molecule has 1 fully saturated rings. The highest BCUT2D eigenvalue weighted by atomic mass is 31.2. The van der Waals surface area contributed by atoms with Crippen molar-refractivity contribution in [3.63, 3.8) is 0 Å². The number of non-ortho nitro benzene ring substituents is 2. The van der Waals surface area contributed by atoms with Crippen molar-refractivity contribution >= 4 is 49.1 Å². The number of benzene rings is 5. The second-order valence-electron chi connectivity index (χ2n) is 19.5. The molecule has 2 amide bonds. The number of carbonyl (C=O) groups is 2. The summed E-state index contributed by atoms with van der Waals surface area (Å²) in [6, 6.07) is 37.2. The van der Waals surface area contributed by atoms with Gasteiger partial charge in [0, 0.05) is 49.2 Å². The number of nitrogens with one attached hydrogen (secondary N) is 2. The molecule has 0 radical (unpaired) electrons. The molecule has 1 unspecified atom stereocenters. The number of amides is 2. The van der Waals surface area contributed by atoms with E-state index in [1.54, 1.807) is 43.1 Å². The van der Waals surface area contributed by atoms with Gasteiger partial charge >= 0.3 is 12.2 Å². The Hall–Kier alpha value is -8.69. The lowest BCUT2D eigenvalue weighted by molar-refractivity contribution is -0.385. The number of imidazole rings is 1. The van der Waals surface area contributed by atoms with Gasteiger partial charge in [-0.15, -0.1) is 0 Å². The molecule has 7 aromatic rings. The third-order valence-corrected chi connectivity index (χ3v) is 15.7. The number of rotatable bonds is 27. The molecule has 24 nitrogen and oxygen atoms in total. The average Bonchev–Trinajstić information content (AvgIpc) is 2.29. The Kier molecular flexibility index (Phi) is 20.6. The Bertz CT molecular complexity index is 3280. The van der Waals surface area contributed by atoms with Crippen molar-refractivity contribution in [1.82, 2.24) is 29.5 Å². The van der Waals surface area contributed by atoms with E-state index in [4.69, 9.17) is 37.5 Å². The van der Waals surface area contributed by atoms with Gasteiger partial charge in [0.15, 0.2) is 23.2 Å². The molecule has 5 aromatic carbocycles. The van der Waals surface area contributed by atoms with Gasteiger partial charge in [-0.1, -0.05) is 78.9 Å². The van der Waals surface area contributed by atoms with Crippen LogP contribution >= 0.6 is 8.53 Å². The van der Waals surface area contributed by atoms with Crippen LogP contribution in [0.25, 0.3) is 11.2 Å². The van der Waals surface area contributed by atoms with E-state index in [-0.39, 0.29) is 86.1 Å². The van der Waals surface area contributed by atoms with Gasteiger partial charge < -0.3 is 42.8 Å². The maximum Gasteiger partial charge on any atom is 0.412 e. The fourth-order valence-corrected chi connectivity index (χ4v) is 11.4. The fourth-order valence-electron chi connectivity index (χ4n) is 9.61. The Labute approximate surface area is 479 Å². The molecule has 83 heavy (non-hydrogen) atoms. The molecule has 1 aliphatic rings. The smallest absolute Gasteiger partial charge is 0.412 e. The number of fused-ring (bicyclic) bond motifs is 1. The number of nitro benzene ring substituents is 2. The maximum absolute atomic E-state index is 14.4. The molecular formula is C58H63N10O14P. The third kappa shape index (κ3) is 14.7. The standard InChI is InChI=1S/C58H63N10O14P/c1-38(2)66(39(3)4)83(80-32-10-31-59)82-52-49(35-79-58(42-11-8-7-9-12-42,43-17-25-47(75-5)26-18-43)44-19-27-48(76-6)28-20-44)81-55(50(52)63-56(69)77-33-29-40-13-21-45(22-14-40)67(71)72)65-37-62-51-53(60-36-61-54(51)65)64-57(70)78-34-30-41-15-23-46(24-16-41)68(73)74/h7-9,11-28,36-39,49-50,52,55H,10,29-30,32-35H2,1-6H3,(H,63,69)(H,60,61,64,70)/t49-,50+,52-,55-,83?/m1/s1. The van der Waals surface area contributed by atoms with Crippen LogP contribution in [0, 0.1) is 31.6 Å². The molecule has 5 atom stereocenters. The van der Waals surface area contributed by atoms with E-state index >= 15 is 0 Å². The second kappa shape index (κ2) is 28.3. The largest absolute Gasteiger partial charge is 0.497 e. The monoisotopic (exact) mass is 1150 g/mol. The van der Waals surface area contributed by atoms with E-state index in [0.29, 0.717) is 22.6 Å². The number of methoxy groups -OCH3 is 2. The summed E-state index contributed by atoms with van der Waals surface area (Å²) in [5.74, 6) is 1.22. The Balaban J connectivity index is 1.20. The van der Waals surface area contributed by atoms with E-state index in [1.807, 2.05) is 111 Å². The quantitative estimate of drug-likeness (QED) is 0.0159. The van der Waals surface area contributed by atoms with Gasteiger partial charge in [0.2, 0.25) is 0 Å². The lowest BCUT2D eigenvalue weighted by atomic mass is 9.80. The lowest BCUT2D eigenvalue weighted by Crippen LogP contribution is -2.49. The molecule has 0 saturated carbocycles. The maximum atomic E-state index is 14.4. The number of alkyl carbamates (subject to hydrolysis) is 1. The highest BCUT2D eigenvalue weighted by molar-refractivity contribution is 7.44. The molecule has 2 aromatic heterocycles. The van der Waals surface area contributed by atoms with Crippen LogP contribution in [0.2, 0.25) is 0 Å². The van der Waals surface area contributed by atoms with E-state index < -0.39 is 60.6 Å². The van der Waals surface area contributed by atoms with Crippen molar-refractivity contribution < 1.29 is 56.9 Å². The molecule has 0 spiro atoms. The summed E-state index contributed by atoms with van der Waals surface area (Å²) in [4.78, 5) is 62.7. The second-order valence-corrected chi connectivity index (χ2v) is 20.9. The minimum atomic E-state index is -2.05. The van der Waals surface area contributed by atoms with Crippen LogP contribution in [-0.2, 0) is 46.4 Å². The van der Waals surface area contributed by atoms with Crippen LogP contribution in [-0.4, -0.2) is 117 Å². The number of anilines is 1. The van der Waals surface area contributed by atoms with Crippen molar-refractivity contribution in [2.75, 3.05) is 46.0 Å². The molecule has 1 aliphatic heterocycles. The Morgan fingerprint density at radius 2 is 1.29 bits per heavy atom. The van der Waals surface area contributed by atoms with Gasteiger partial charge in [-0.3, -0.25) is 30.1 Å². The SMILES string of the molecule is COc1ccc(C(OC[C@H]2O[C@@H](n3cnc4c(NC(=O)OCCc5ccc([N+](=O)[O-])cc5)ncnc43)[C@@H](NC(=O)OCCc3ccc([N+](=O)[O-])cc3)[C@@H]2OP(OCCC#N)N(C(C)C)C(C)C)(c2ccccc2)c2ccc(OC)cc2)cc1. The summed E-state index contributed by atoms with van der Waals surface area (Å²) in [7, 11) is 1.12. The first-order valence-electron chi connectivity index (χ1n) is 26.5. The number of aromatic nitrogens is 4. The van der Waals surface area contributed by atoms with E-state index in [2.05, 4.69) is 31.7 Å². The summed E-state index contributed by atoms with van der Waals surface area (Å²) in [5.41, 5.74) is 2.38. The van der Waals surface area contributed by atoms with Crippen molar-refractivity contribution in [2.24, 2.45) is 0 Å². The van der Waals surface area contributed by atoms with Crippen molar-refractivity contribution in [1.29, 1.82) is 5.26 Å². The fraction of sp³-hybridized carbons (Fsp3) is 0.345. The number of nitrogens with zero attached hydrogens (tertiary/aromatic N) is 8. The van der Waals surface area contributed by atoms with Crippen LogP contribution in [0.4, 0.5) is 26.8 Å². The minimum absolute atomic E-state index is 0.0134. The van der Waals surface area contributed by atoms with Crippen molar-refractivity contribution in [2.45, 2.75) is 89.1 Å². The molecule has 25 heteroatoms. The molecule has 0 aliphatic carbocycles. The normalized spacial score (nSPS) is 16.3. The van der Waals surface area contributed by atoms with Gasteiger partial charge in [-0.25, -0.2) is 29.2 Å². The average molecular weight is 1160 g/mol. The van der Waals surface area contributed by atoms with Crippen LogP contribution < -0.4 is 20.1 Å². The van der Waals surface area contributed by atoms with Crippen molar-refractivity contribution in [3.05, 3.63) is 188 Å². The third-order valence-electron chi connectivity index (χ3n) is 13.5. The number of carbonyl (C=O) groups excluding carboxylic acids is 2. The molecule has 434 valence electrons. The zero-order valence-corrected chi connectivity index (χ0v) is 47.3. The molecule has 8 rings (SSSR count). The van der Waals surface area contributed by atoms with Gasteiger partial charge in [-0.05, 0) is 79.8 Å². The zero-order chi connectivity index (χ0) is 59.0. The topological polar surface area (TPSA) is 289 Å². The van der Waals surface area contributed by atoms with Crippen LogP contribution in [0.15, 0.2) is 140 Å². The number of nitriles is 1. The number of nitro groups is 2. The number of hydrogen-bond acceptors (Lipinski definition) is 19. The summed E-state index contributed by atoms with van der Waals surface area (Å²) < 4.78 is 54.5. The summed E-state index contributed by atoms with van der Waals surface area (Å²) in [6.45, 7) is 7.59. The van der Waals surface area contributed by atoms with E-state index in [1.165, 1.54) is 36.9 Å². The highest BCUT2D eigenvalue weighted by Crippen LogP contribution is 2.51. The van der Waals surface area contributed by atoms with Gasteiger partial charge in [0.05, 0.1) is 69.3 Å². The predicted octanol–water partition coefficient (Wildman–Crippen LogP) is 10.4. The molecule has 1 saturated heterocycles. The van der Waals surface area contributed by atoms with Gasteiger partial charge in [0.1, 0.15) is 41.7 Å². The molecule has 0 bridgehead atoms. The van der Waals surface area contributed by atoms with Crippen molar-refractivity contribution in [3.8, 4) is 17.6 Å². The minimum Gasteiger partial charge on any atom is -0.497 e. The van der Waals surface area contributed by atoms with Crippen LogP contribution in [0.3, 0.4) is 0 Å². The first-order chi connectivity index (χ1) is 40.1. The van der Waals surface area contributed by atoms with E-state index in [9.17, 15) is 35.1 Å². The molecule has 3 heterocycles. The lowest BCUT2D eigenvalue weighted by Gasteiger charge is -2.39. The van der Waals surface area contributed by atoms with Crippen LogP contribution in [0.5, 0.6) is 11.5 Å². The Morgan fingerprint density at radius 1 is 0.747 bits per heavy atom. The molecule has 2 N–H and O–H groups in total. The first-order valence-corrected chi connectivity index (χ1v) is 27.7. The number of ether oxygens (including phenoxy) is 6. The zero-order valence-electron chi connectivity index (χ0n) is 46.4. The summed E-state index contributed by atoms with van der Waals surface area (Å²) in [5, 5.41) is 37.9. The first kappa shape index (κ1) is 60.4. The summed E-state index contributed by atoms with van der Waals surface area (Å²) in [6.07, 6.45) is -1.97. The number of hydrogen-bond donors (Lipinski definition) is 2. The Morgan fingerprint density at radius 3 is 1.81 bits per heavy atom. The van der Waals surface area contributed by atoms with Gasteiger partial charge in [-0.2, -0.15) is 5.26 Å². The van der Waals surface area contributed by atoms with Crippen LogP contribution in [0.1, 0.15) is 68.2 Å².